The lowest BCUT2D eigenvalue weighted by Crippen LogP contribution is -2.03. The zero-order valence-corrected chi connectivity index (χ0v) is 14.5. The maximum absolute atomic E-state index is 13.0. The molecule has 0 unspecified atom stereocenters. The van der Waals surface area contributed by atoms with Crippen LogP contribution < -0.4 is 0 Å². The average molecular weight is 368 g/mol. The summed E-state index contributed by atoms with van der Waals surface area (Å²) in [5.74, 6) is -0.109. The molecule has 4 nitrogen and oxygen atoms in total. The van der Waals surface area contributed by atoms with Gasteiger partial charge in [0.05, 0.1) is 12.0 Å². The monoisotopic (exact) mass is 368 g/mol. The van der Waals surface area contributed by atoms with Crippen LogP contribution in [0.5, 0.6) is 0 Å². The number of fused-ring (bicyclic) bond motifs is 3. The van der Waals surface area contributed by atoms with Crippen molar-refractivity contribution in [2.24, 2.45) is 0 Å². The van der Waals surface area contributed by atoms with Crippen molar-refractivity contribution in [2.45, 2.75) is 4.90 Å². The summed E-state index contributed by atoms with van der Waals surface area (Å²) in [5.41, 5.74) is 1.09. The topological polar surface area (TPSA) is 55.8 Å². The standard InChI is InChI=1S/C19H12O4S2/c20-19(14-6-2-4-8-18(14)25-23-22-21)12-9-10-17-15(11-12)13-5-1-3-7-16(13)24-17/h1-11,21H. The van der Waals surface area contributed by atoms with Crippen LogP contribution in [0.2, 0.25) is 0 Å². The van der Waals surface area contributed by atoms with E-state index in [-0.39, 0.29) is 5.78 Å². The van der Waals surface area contributed by atoms with Gasteiger partial charge in [0.25, 0.3) is 0 Å². The van der Waals surface area contributed by atoms with Crippen LogP contribution in [0, 0.1) is 0 Å². The van der Waals surface area contributed by atoms with Gasteiger partial charge in [-0.1, -0.05) is 35.4 Å². The van der Waals surface area contributed by atoms with Crippen molar-refractivity contribution in [3.05, 3.63) is 77.9 Å². The van der Waals surface area contributed by atoms with Crippen molar-refractivity contribution < 1.29 is 19.4 Å². The minimum atomic E-state index is -0.109. The molecule has 6 heteroatoms. The maximum atomic E-state index is 13.0. The molecule has 0 saturated carbocycles. The predicted octanol–water partition coefficient (Wildman–Crippen LogP) is 5.71. The van der Waals surface area contributed by atoms with Gasteiger partial charge in [-0.05, 0) is 36.4 Å². The Kier molecular flexibility index (Phi) is 4.52. The summed E-state index contributed by atoms with van der Waals surface area (Å²) < 4.78 is 6.83. The van der Waals surface area contributed by atoms with E-state index >= 15 is 0 Å². The zero-order chi connectivity index (χ0) is 17.2. The fourth-order valence-corrected chi connectivity index (χ4v) is 4.38. The second kappa shape index (κ2) is 6.95. The van der Waals surface area contributed by atoms with Crippen molar-refractivity contribution in [2.75, 3.05) is 0 Å². The van der Waals surface area contributed by atoms with Gasteiger partial charge in [0.15, 0.2) is 5.78 Å². The van der Waals surface area contributed by atoms with E-state index in [4.69, 9.17) is 5.26 Å². The number of ketones is 1. The van der Waals surface area contributed by atoms with E-state index in [0.29, 0.717) is 16.0 Å². The number of thiophene rings is 1. The lowest BCUT2D eigenvalue weighted by atomic mass is 10.0. The lowest BCUT2D eigenvalue weighted by molar-refractivity contribution is -0.432. The first-order chi connectivity index (χ1) is 12.3. The van der Waals surface area contributed by atoms with Gasteiger partial charge in [-0.15, -0.1) is 15.7 Å². The third kappa shape index (κ3) is 3.06. The molecule has 1 heterocycles. The van der Waals surface area contributed by atoms with E-state index in [1.54, 1.807) is 35.6 Å². The second-order valence-electron chi connectivity index (χ2n) is 5.36. The van der Waals surface area contributed by atoms with Crippen LogP contribution in [0.1, 0.15) is 15.9 Å². The number of hydrogen-bond acceptors (Lipinski definition) is 6. The predicted molar refractivity (Wildman–Crippen MR) is 99.9 cm³/mol. The van der Waals surface area contributed by atoms with Crippen LogP contribution >= 0.6 is 23.4 Å². The zero-order valence-electron chi connectivity index (χ0n) is 12.8. The van der Waals surface area contributed by atoms with Crippen molar-refractivity contribution in [3.63, 3.8) is 0 Å². The molecule has 1 aromatic heterocycles. The molecule has 0 fully saturated rings. The highest BCUT2D eigenvalue weighted by molar-refractivity contribution is 7.94. The highest BCUT2D eigenvalue weighted by atomic mass is 32.2. The molecule has 0 aliphatic carbocycles. The van der Waals surface area contributed by atoms with Gasteiger partial charge in [0.1, 0.15) is 0 Å². The average Bonchev–Trinajstić information content (AvgIpc) is 3.04. The van der Waals surface area contributed by atoms with E-state index in [1.165, 1.54) is 4.70 Å². The molecule has 0 radical (unpaired) electrons. The lowest BCUT2D eigenvalue weighted by Gasteiger charge is -2.06. The smallest absolute Gasteiger partial charge is 0.194 e. The second-order valence-corrected chi connectivity index (χ2v) is 7.19. The summed E-state index contributed by atoms with van der Waals surface area (Å²) in [4.78, 5) is 13.5. The number of carbonyl (C=O) groups is 1. The van der Waals surface area contributed by atoms with Crippen LogP contribution in [0.4, 0.5) is 0 Å². The molecule has 4 aromatic rings. The first kappa shape index (κ1) is 16.3. The first-order valence-corrected chi connectivity index (χ1v) is 9.03. The van der Waals surface area contributed by atoms with Gasteiger partial charge >= 0.3 is 0 Å². The molecule has 0 amide bonds. The minimum absolute atomic E-state index is 0.109. The van der Waals surface area contributed by atoms with Gasteiger partial charge in [0, 0.05) is 36.2 Å². The van der Waals surface area contributed by atoms with E-state index < -0.39 is 0 Å². The van der Waals surface area contributed by atoms with E-state index in [0.717, 1.165) is 27.5 Å². The number of carbonyl (C=O) groups excluding carboxylic acids is 1. The van der Waals surface area contributed by atoms with Crippen molar-refractivity contribution in [1.29, 1.82) is 0 Å². The molecule has 0 aliphatic heterocycles. The molecule has 124 valence electrons. The Morgan fingerprint density at radius 2 is 1.68 bits per heavy atom. The van der Waals surface area contributed by atoms with Gasteiger partial charge in [-0.3, -0.25) is 4.79 Å². The van der Waals surface area contributed by atoms with Gasteiger partial charge in [0.2, 0.25) is 0 Å². The molecular formula is C19H12O4S2. The van der Waals surface area contributed by atoms with Crippen LogP contribution in [-0.2, 0) is 9.37 Å². The van der Waals surface area contributed by atoms with E-state index in [9.17, 15) is 4.79 Å². The summed E-state index contributed by atoms with van der Waals surface area (Å²) in [6, 6.07) is 20.9. The molecule has 4 rings (SSSR count). The van der Waals surface area contributed by atoms with Gasteiger partial charge < -0.3 is 0 Å². The molecule has 25 heavy (non-hydrogen) atoms. The molecular weight excluding hydrogens is 356 g/mol. The highest BCUT2D eigenvalue weighted by Crippen LogP contribution is 2.35. The quantitative estimate of drug-likeness (QED) is 0.211. The maximum Gasteiger partial charge on any atom is 0.194 e. The summed E-state index contributed by atoms with van der Waals surface area (Å²) in [5, 5.41) is 14.2. The summed E-state index contributed by atoms with van der Waals surface area (Å²) in [6.45, 7) is 0. The number of rotatable bonds is 5. The highest BCUT2D eigenvalue weighted by Gasteiger charge is 2.16. The normalized spacial score (nSPS) is 11.2. The fraction of sp³-hybridized carbons (Fsp3) is 0. The first-order valence-electron chi connectivity index (χ1n) is 7.48. The molecule has 1 N–H and O–H groups in total. The van der Waals surface area contributed by atoms with Crippen LogP contribution in [0.25, 0.3) is 20.2 Å². The molecule has 0 saturated heterocycles. The van der Waals surface area contributed by atoms with E-state index in [1.807, 2.05) is 30.3 Å². The Morgan fingerprint density at radius 1 is 0.920 bits per heavy atom. The summed E-state index contributed by atoms with van der Waals surface area (Å²) in [6.07, 6.45) is 0. The Labute approximate surface area is 151 Å². The molecule has 0 atom stereocenters. The van der Waals surface area contributed by atoms with Crippen LogP contribution in [-0.4, -0.2) is 11.0 Å². The van der Waals surface area contributed by atoms with Crippen molar-refractivity contribution in [1.82, 2.24) is 0 Å². The minimum Gasteiger partial charge on any atom is -0.289 e. The van der Waals surface area contributed by atoms with Crippen LogP contribution in [0.15, 0.2) is 71.6 Å². The third-order valence-electron chi connectivity index (χ3n) is 3.92. The molecule has 0 bridgehead atoms. The Bertz CT molecular complexity index is 1070. The van der Waals surface area contributed by atoms with E-state index in [2.05, 4.69) is 21.5 Å². The Balaban J connectivity index is 1.79. The van der Waals surface area contributed by atoms with Crippen molar-refractivity contribution >= 4 is 49.3 Å². The van der Waals surface area contributed by atoms with Crippen LogP contribution in [0.3, 0.4) is 0 Å². The summed E-state index contributed by atoms with van der Waals surface area (Å²) >= 11 is 2.50. The largest absolute Gasteiger partial charge is 0.289 e. The SMILES string of the molecule is O=C(c1ccc2sc3ccccc3c2c1)c1ccccc1SOOO. The molecule has 0 spiro atoms. The Morgan fingerprint density at radius 3 is 2.56 bits per heavy atom. The fourth-order valence-electron chi connectivity index (χ4n) is 2.80. The van der Waals surface area contributed by atoms with Gasteiger partial charge in [-0.2, -0.15) is 0 Å². The molecule has 3 aromatic carbocycles. The third-order valence-corrected chi connectivity index (χ3v) is 5.74. The number of hydrogen-bond donors (Lipinski definition) is 1. The van der Waals surface area contributed by atoms with Crippen molar-refractivity contribution in [3.8, 4) is 0 Å². The Hall–Kier alpha value is -2.22. The van der Waals surface area contributed by atoms with Gasteiger partial charge in [-0.25, -0.2) is 5.26 Å². The number of benzene rings is 3. The molecule has 0 aliphatic rings. The summed E-state index contributed by atoms with van der Waals surface area (Å²) in [7, 11) is 0.